The fraction of sp³-hybridized carbons (Fsp3) is 0.731. The molecule has 6 rings (SSSR count). The molecule has 0 bridgehead atoms. The molecule has 0 N–H and O–H groups in total. The molecule has 7 unspecified atom stereocenters. The van der Waals surface area contributed by atoms with Crippen molar-refractivity contribution in [3.05, 3.63) is 29.6 Å². The zero-order valence-corrected chi connectivity index (χ0v) is 18.8. The summed E-state index contributed by atoms with van der Waals surface area (Å²) in [6.45, 7) is 1.51. The van der Waals surface area contributed by atoms with Crippen LogP contribution in [0.25, 0.3) is 0 Å². The van der Waals surface area contributed by atoms with Crippen molar-refractivity contribution >= 4 is 5.97 Å². The van der Waals surface area contributed by atoms with E-state index < -0.39 is 0 Å². The summed E-state index contributed by atoms with van der Waals surface area (Å²) in [5.41, 5.74) is 1.50. The Bertz CT molecular complexity index is 898. The first-order chi connectivity index (χ1) is 15.5. The fourth-order valence-corrected chi connectivity index (χ4v) is 7.17. The van der Waals surface area contributed by atoms with Gasteiger partial charge in [-0.2, -0.15) is 0 Å². The van der Waals surface area contributed by atoms with Crippen LogP contribution < -0.4 is 4.74 Å². The molecule has 1 aromatic rings. The number of carbonyl (C=O) groups excluding carboxylic acids is 1. The van der Waals surface area contributed by atoms with Gasteiger partial charge in [-0.15, -0.1) is 0 Å². The molecule has 5 nitrogen and oxygen atoms in total. The van der Waals surface area contributed by atoms with Crippen molar-refractivity contribution in [1.29, 1.82) is 0 Å². The zero-order valence-electron chi connectivity index (χ0n) is 18.8. The van der Waals surface area contributed by atoms with Gasteiger partial charge in [-0.05, 0) is 75.0 Å². The van der Waals surface area contributed by atoms with E-state index in [4.69, 9.17) is 18.9 Å². The Morgan fingerprint density at radius 2 is 2.12 bits per heavy atom. The van der Waals surface area contributed by atoms with E-state index in [1.54, 1.807) is 6.07 Å². The lowest BCUT2D eigenvalue weighted by molar-refractivity contribution is -0.142. The highest BCUT2D eigenvalue weighted by molar-refractivity contribution is 5.75. The highest BCUT2D eigenvalue weighted by Crippen LogP contribution is 2.80. The second-order valence-electron chi connectivity index (χ2n) is 10.8. The van der Waals surface area contributed by atoms with Gasteiger partial charge in [0.25, 0.3) is 0 Å². The first-order valence-electron chi connectivity index (χ1n) is 12.3. The number of benzene rings is 1. The van der Waals surface area contributed by atoms with Crippen molar-refractivity contribution < 1.29 is 28.1 Å². The van der Waals surface area contributed by atoms with Crippen LogP contribution in [0.3, 0.4) is 0 Å². The predicted octanol–water partition coefficient (Wildman–Crippen LogP) is 4.97. The number of ether oxygens (including phenoxy) is 4. The molecule has 1 aromatic carbocycles. The van der Waals surface area contributed by atoms with E-state index in [0.29, 0.717) is 18.3 Å². The molecule has 32 heavy (non-hydrogen) atoms. The van der Waals surface area contributed by atoms with Crippen LogP contribution >= 0.6 is 0 Å². The SMILES string of the molecule is COC(=O)C1CC1CCC12COC3C(c4cc(F)cc(OC5CCCCO5)c4)CCC31C2. The van der Waals surface area contributed by atoms with Crippen molar-refractivity contribution in [2.75, 3.05) is 20.3 Å². The third-order valence-corrected chi connectivity index (χ3v) is 9.08. The van der Waals surface area contributed by atoms with Crippen molar-refractivity contribution in [1.82, 2.24) is 0 Å². The molecule has 5 fully saturated rings. The molecule has 0 aromatic heterocycles. The monoisotopic (exact) mass is 444 g/mol. The van der Waals surface area contributed by atoms with Crippen LogP contribution in [0, 0.1) is 28.5 Å². The molecule has 2 heterocycles. The minimum atomic E-state index is -0.275. The standard InChI is InChI=1S/C26H33FO5/c1-29-24(28)21-12-16(21)5-7-25-14-26(25)8-6-20(23(26)31-15-25)17-10-18(27)13-19(11-17)32-22-4-2-3-9-30-22/h10-11,13,16,20-23H,2-9,12,14-15H2,1H3. The fourth-order valence-electron chi connectivity index (χ4n) is 7.17. The number of carbonyl (C=O) groups is 1. The maximum absolute atomic E-state index is 14.5. The van der Waals surface area contributed by atoms with Crippen LogP contribution in [0.5, 0.6) is 5.75 Å². The summed E-state index contributed by atoms with van der Waals surface area (Å²) in [4.78, 5) is 11.7. The van der Waals surface area contributed by atoms with Gasteiger partial charge in [0.2, 0.25) is 0 Å². The minimum Gasteiger partial charge on any atom is -0.469 e. The largest absolute Gasteiger partial charge is 0.469 e. The molecular formula is C26H33FO5. The Morgan fingerprint density at radius 1 is 1.22 bits per heavy atom. The van der Waals surface area contributed by atoms with Gasteiger partial charge in [0.05, 0.1) is 32.3 Å². The van der Waals surface area contributed by atoms with Gasteiger partial charge < -0.3 is 18.9 Å². The molecule has 2 aliphatic heterocycles. The highest BCUT2D eigenvalue weighted by atomic mass is 19.1. The topological polar surface area (TPSA) is 54.0 Å². The summed E-state index contributed by atoms with van der Waals surface area (Å²) in [5.74, 6) is 1.07. The average Bonchev–Trinajstić information content (AvgIpc) is 3.62. The van der Waals surface area contributed by atoms with Crippen LogP contribution in [0.4, 0.5) is 4.39 Å². The molecule has 174 valence electrons. The highest BCUT2D eigenvalue weighted by Gasteiger charge is 2.77. The van der Waals surface area contributed by atoms with E-state index in [-0.39, 0.29) is 46.8 Å². The van der Waals surface area contributed by atoms with E-state index >= 15 is 0 Å². The summed E-state index contributed by atoms with van der Waals surface area (Å²) in [6, 6.07) is 5.13. The first-order valence-corrected chi connectivity index (χ1v) is 12.3. The molecule has 0 radical (unpaired) electrons. The van der Waals surface area contributed by atoms with Crippen LogP contribution in [0.2, 0.25) is 0 Å². The van der Waals surface area contributed by atoms with E-state index in [0.717, 1.165) is 63.5 Å². The maximum atomic E-state index is 14.5. The van der Waals surface area contributed by atoms with Gasteiger partial charge in [-0.1, -0.05) is 0 Å². The minimum absolute atomic E-state index is 0.0535. The summed E-state index contributed by atoms with van der Waals surface area (Å²) < 4.78 is 37.5. The lowest BCUT2D eigenvalue weighted by Gasteiger charge is -2.25. The van der Waals surface area contributed by atoms with Gasteiger partial charge in [0.1, 0.15) is 11.6 Å². The molecule has 3 saturated carbocycles. The molecule has 5 aliphatic rings. The third-order valence-electron chi connectivity index (χ3n) is 9.08. The van der Waals surface area contributed by atoms with Gasteiger partial charge in [0.15, 0.2) is 6.29 Å². The van der Waals surface area contributed by atoms with Crippen molar-refractivity contribution in [2.24, 2.45) is 22.7 Å². The van der Waals surface area contributed by atoms with Crippen LogP contribution in [0.1, 0.15) is 69.3 Å². The van der Waals surface area contributed by atoms with Crippen LogP contribution in [-0.4, -0.2) is 38.7 Å². The predicted molar refractivity (Wildman–Crippen MR) is 115 cm³/mol. The quantitative estimate of drug-likeness (QED) is 0.556. The summed E-state index contributed by atoms with van der Waals surface area (Å²) in [6.07, 6.45) is 9.46. The molecule has 7 atom stereocenters. The molecule has 6 heteroatoms. The second-order valence-corrected chi connectivity index (χ2v) is 10.8. The van der Waals surface area contributed by atoms with Gasteiger partial charge in [-0.25, -0.2) is 4.39 Å². The second kappa shape index (κ2) is 7.69. The first kappa shape index (κ1) is 20.9. The zero-order chi connectivity index (χ0) is 21.9. The van der Waals surface area contributed by atoms with E-state index in [9.17, 15) is 9.18 Å². The molecule has 2 saturated heterocycles. The lowest BCUT2D eigenvalue weighted by atomic mass is 9.86. The average molecular weight is 445 g/mol. The Morgan fingerprint density at radius 3 is 2.94 bits per heavy atom. The van der Waals surface area contributed by atoms with E-state index in [1.807, 2.05) is 6.07 Å². The van der Waals surface area contributed by atoms with Crippen LogP contribution in [-0.2, 0) is 19.0 Å². The Kier molecular flexibility index (Phi) is 5.03. The third kappa shape index (κ3) is 3.37. The maximum Gasteiger partial charge on any atom is 0.308 e. The molecule has 0 amide bonds. The summed E-state index contributed by atoms with van der Waals surface area (Å²) in [5, 5.41) is 0. The number of halogens is 1. The number of rotatable bonds is 7. The number of methoxy groups -OCH3 is 1. The number of esters is 1. The van der Waals surface area contributed by atoms with E-state index in [2.05, 4.69) is 0 Å². The van der Waals surface area contributed by atoms with Gasteiger partial charge in [-0.3, -0.25) is 4.79 Å². The smallest absolute Gasteiger partial charge is 0.308 e. The number of hydrogen-bond acceptors (Lipinski definition) is 5. The summed E-state index contributed by atoms with van der Waals surface area (Å²) >= 11 is 0. The molecule has 3 aliphatic carbocycles. The normalized spacial score (nSPS) is 41.6. The van der Waals surface area contributed by atoms with E-state index in [1.165, 1.54) is 19.6 Å². The number of hydrogen-bond donors (Lipinski definition) is 0. The molecular weight excluding hydrogens is 411 g/mol. The Hall–Kier alpha value is -1.66. The lowest BCUT2D eigenvalue weighted by Crippen LogP contribution is -2.25. The van der Waals surface area contributed by atoms with Crippen molar-refractivity contribution in [2.45, 2.75) is 76.1 Å². The molecule has 1 spiro atoms. The summed E-state index contributed by atoms with van der Waals surface area (Å²) in [7, 11) is 1.48. The Labute approximate surface area is 188 Å². The van der Waals surface area contributed by atoms with Crippen molar-refractivity contribution in [3.63, 3.8) is 0 Å². The van der Waals surface area contributed by atoms with Crippen molar-refractivity contribution in [3.8, 4) is 5.75 Å². The van der Waals surface area contributed by atoms with Gasteiger partial charge >= 0.3 is 5.97 Å². The van der Waals surface area contributed by atoms with Crippen LogP contribution in [0.15, 0.2) is 18.2 Å². The Balaban J connectivity index is 1.12. The van der Waals surface area contributed by atoms with Gasteiger partial charge in [0, 0.05) is 29.2 Å².